The van der Waals surface area contributed by atoms with Crippen LogP contribution in [0.5, 0.6) is 0 Å². The Morgan fingerprint density at radius 2 is 1.44 bits per heavy atom. The van der Waals surface area contributed by atoms with Crippen LogP contribution in [-0.2, 0) is 4.79 Å². The van der Waals surface area contributed by atoms with Gasteiger partial charge in [0.15, 0.2) is 0 Å². The molecule has 0 aromatic rings. The molecule has 2 heterocycles. The first-order valence-corrected chi connectivity index (χ1v) is 11.2. The number of carbonyl (C=O) groups is 1. The molecule has 2 saturated heterocycles. The second-order valence-electron chi connectivity index (χ2n) is 8.96. The minimum Gasteiger partial charge on any atom is -0.303 e. The number of Topliss-reactive ketones (excluding diaryl/α,β-unsaturated/α-hetero) is 1. The van der Waals surface area contributed by atoms with E-state index in [0.717, 1.165) is 50.2 Å². The van der Waals surface area contributed by atoms with Crippen molar-refractivity contribution in [2.24, 2.45) is 17.8 Å². The molecule has 2 aliphatic heterocycles. The number of hydrogen-bond donors (Lipinski definition) is 0. The van der Waals surface area contributed by atoms with Gasteiger partial charge in [-0.15, -0.1) is 0 Å². The molecule has 0 aromatic carbocycles. The molecule has 0 aromatic heterocycles. The molecule has 1 aliphatic carbocycles. The standard InChI is InChI=1S/C22H40N2O/c1-3-18-9-15-24(16-10-18)21-7-5-19(6-8-21)17-23-13-11-20(12-14-23)22(25)4-2/h18-21H,3-17H2,1-2H3. The average Bonchev–Trinajstić information content (AvgIpc) is 2.68. The van der Waals surface area contributed by atoms with Crippen molar-refractivity contribution in [3.63, 3.8) is 0 Å². The first-order chi connectivity index (χ1) is 12.2. The summed E-state index contributed by atoms with van der Waals surface area (Å²) in [6.45, 7) is 10.7. The van der Waals surface area contributed by atoms with Gasteiger partial charge in [0.25, 0.3) is 0 Å². The predicted molar refractivity (Wildman–Crippen MR) is 105 cm³/mol. The summed E-state index contributed by atoms with van der Waals surface area (Å²) in [5, 5.41) is 0. The molecule has 0 N–H and O–H groups in total. The van der Waals surface area contributed by atoms with E-state index in [4.69, 9.17) is 0 Å². The van der Waals surface area contributed by atoms with Gasteiger partial charge in [0, 0.05) is 24.9 Å². The van der Waals surface area contributed by atoms with Crippen LogP contribution < -0.4 is 0 Å². The van der Waals surface area contributed by atoms with E-state index in [-0.39, 0.29) is 0 Å². The lowest BCUT2D eigenvalue weighted by atomic mass is 9.83. The van der Waals surface area contributed by atoms with Gasteiger partial charge in [-0.05, 0) is 89.4 Å². The third-order valence-corrected chi connectivity index (χ3v) is 7.47. The van der Waals surface area contributed by atoms with E-state index in [1.807, 2.05) is 6.92 Å². The van der Waals surface area contributed by atoms with Gasteiger partial charge in [-0.3, -0.25) is 4.79 Å². The summed E-state index contributed by atoms with van der Waals surface area (Å²) in [6, 6.07) is 0.877. The summed E-state index contributed by atoms with van der Waals surface area (Å²) < 4.78 is 0. The number of rotatable bonds is 6. The Balaban J connectivity index is 1.34. The fourth-order valence-corrected chi connectivity index (χ4v) is 5.51. The number of ketones is 1. The molecule has 3 heteroatoms. The number of hydrogen-bond acceptors (Lipinski definition) is 3. The van der Waals surface area contributed by atoms with Crippen LogP contribution in [0, 0.1) is 17.8 Å². The van der Waals surface area contributed by atoms with E-state index in [9.17, 15) is 4.79 Å². The van der Waals surface area contributed by atoms with Crippen LogP contribution in [0.1, 0.15) is 78.1 Å². The van der Waals surface area contributed by atoms with Gasteiger partial charge >= 0.3 is 0 Å². The predicted octanol–water partition coefficient (Wildman–Crippen LogP) is 4.36. The summed E-state index contributed by atoms with van der Waals surface area (Å²) in [5.41, 5.74) is 0. The van der Waals surface area contributed by atoms with Crippen molar-refractivity contribution < 1.29 is 4.79 Å². The van der Waals surface area contributed by atoms with E-state index >= 15 is 0 Å². The first kappa shape index (κ1) is 19.4. The van der Waals surface area contributed by atoms with Crippen molar-refractivity contribution in [3.05, 3.63) is 0 Å². The highest BCUT2D eigenvalue weighted by Gasteiger charge is 2.30. The van der Waals surface area contributed by atoms with Crippen molar-refractivity contribution in [3.8, 4) is 0 Å². The molecule has 0 atom stereocenters. The zero-order valence-electron chi connectivity index (χ0n) is 16.7. The minimum absolute atomic E-state index is 0.364. The molecular weight excluding hydrogens is 308 g/mol. The maximum absolute atomic E-state index is 11.9. The fourth-order valence-electron chi connectivity index (χ4n) is 5.51. The topological polar surface area (TPSA) is 23.6 Å². The molecule has 0 radical (unpaired) electrons. The lowest BCUT2D eigenvalue weighted by Crippen LogP contribution is -2.44. The number of likely N-dealkylation sites (tertiary alicyclic amines) is 2. The van der Waals surface area contributed by atoms with Crippen molar-refractivity contribution in [1.29, 1.82) is 0 Å². The average molecular weight is 349 g/mol. The molecule has 144 valence electrons. The van der Waals surface area contributed by atoms with Crippen LogP contribution in [-0.4, -0.2) is 54.3 Å². The van der Waals surface area contributed by atoms with E-state index in [0.29, 0.717) is 11.7 Å². The van der Waals surface area contributed by atoms with Gasteiger partial charge in [0.1, 0.15) is 5.78 Å². The zero-order valence-corrected chi connectivity index (χ0v) is 16.7. The number of piperidine rings is 2. The normalized spacial score (nSPS) is 31.3. The fraction of sp³-hybridized carbons (Fsp3) is 0.955. The number of carbonyl (C=O) groups excluding carboxylic acids is 1. The van der Waals surface area contributed by atoms with E-state index in [1.165, 1.54) is 64.6 Å². The second kappa shape index (κ2) is 9.50. The van der Waals surface area contributed by atoms with Crippen LogP contribution in [0.25, 0.3) is 0 Å². The second-order valence-corrected chi connectivity index (χ2v) is 8.96. The molecular formula is C22H40N2O. The zero-order chi connectivity index (χ0) is 17.6. The van der Waals surface area contributed by atoms with Crippen LogP contribution in [0.2, 0.25) is 0 Å². The molecule has 1 saturated carbocycles. The Labute approximate surface area is 155 Å². The third-order valence-electron chi connectivity index (χ3n) is 7.47. The van der Waals surface area contributed by atoms with Crippen molar-refractivity contribution in [2.45, 2.75) is 84.1 Å². The summed E-state index contributed by atoms with van der Waals surface area (Å²) in [5.74, 6) is 2.76. The summed E-state index contributed by atoms with van der Waals surface area (Å²) >= 11 is 0. The van der Waals surface area contributed by atoms with Crippen molar-refractivity contribution in [2.75, 3.05) is 32.7 Å². The smallest absolute Gasteiger partial charge is 0.135 e. The highest BCUT2D eigenvalue weighted by molar-refractivity contribution is 5.80. The molecule has 0 amide bonds. The quantitative estimate of drug-likeness (QED) is 0.712. The van der Waals surface area contributed by atoms with Gasteiger partial charge in [0.05, 0.1) is 0 Å². The van der Waals surface area contributed by atoms with Crippen molar-refractivity contribution in [1.82, 2.24) is 9.80 Å². The van der Waals surface area contributed by atoms with Gasteiger partial charge in [-0.1, -0.05) is 20.3 Å². The molecule has 0 bridgehead atoms. The first-order valence-electron chi connectivity index (χ1n) is 11.2. The molecule has 3 fully saturated rings. The maximum Gasteiger partial charge on any atom is 0.135 e. The Morgan fingerprint density at radius 1 is 0.800 bits per heavy atom. The third kappa shape index (κ3) is 5.29. The van der Waals surface area contributed by atoms with Crippen molar-refractivity contribution >= 4 is 5.78 Å². The number of nitrogens with zero attached hydrogens (tertiary/aromatic N) is 2. The lowest BCUT2D eigenvalue weighted by molar-refractivity contribution is -0.124. The summed E-state index contributed by atoms with van der Waals surface area (Å²) in [6.07, 6.45) is 12.9. The Morgan fingerprint density at radius 3 is 2.00 bits per heavy atom. The molecule has 3 nitrogen and oxygen atoms in total. The highest BCUT2D eigenvalue weighted by Crippen LogP contribution is 2.32. The molecule has 0 unspecified atom stereocenters. The minimum atomic E-state index is 0.364. The van der Waals surface area contributed by atoms with E-state index in [1.54, 1.807) is 0 Å². The Bertz CT molecular complexity index is 400. The molecule has 3 rings (SSSR count). The van der Waals surface area contributed by atoms with Gasteiger partial charge in [-0.25, -0.2) is 0 Å². The molecule has 25 heavy (non-hydrogen) atoms. The largest absolute Gasteiger partial charge is 0.303 e. The molecule has 3 aliphatic rings. The Hall–Kier alpha value is -0.410. The maximum atomic E-state index is 11.9. The van der Waals surface area contributed by atoms with Gasteiger partial charge < -0.3 is 9.80 Å². The summed E-state index contributed by atoms with van der Waals surface area (Å²) in [7, 11) is 0. The van der Waals surface area contributed by atoms with Gasteiger partial charge in [-0.2, -0.15) is 0 Å². The molecule has 0 spiro atoms. The van der Waals surface area contributed by atoms with Crippen LogP contribution in [0.15, 0.2) is 0 Å². The highest BCUT2D eigenvalue weighted by atomic mass is 16.1. The van der Waals surface area contributed by atoms with E-state index in [2.05, 4.69) is 16.7 Å². The lowest BCUT2D eigenvalue weighted by Gasteiger charge is -2.42. The van der Waals surface area contributed by atoms with Crippen LogP contribution in [0.3, 0.4) is 0 Å². The van der Waals surface area contributed by atoms with E-state index < -0.39 is 0 Å². The van der Waals surface area contributed by atoms with Crippen LogP contribution in [0.4, 0.5) is 0 Å². The Kier molecular flexibility index (Phi) is 7.36. The van der Waals surface area contributed by atoms with Gasteiger partial charge in [0.2, 0.25) is 0 Å². The SMILES string of the molecule is CCC(=O)C1CCN(CC2CCC(N3CCC(CC)CC3)CC2)CC1. The monoisotopic (exact) mass is 348 g/mol. The van der Waals surface area contributed by atoms with Crippen LogP contribution >= 0.6 is 0 Å². The summed E-state index contributed by atoms with van der Waals surface area (Å²) in [4.78, 5) is 17.3.